The van der Waals surface area contributed by atoms with Crippen molar-refractivity contribution in [1.82, 2.24) is 0 Å². The second-order valence-corrected chi connectivity index (χ2v) is 10.1. The van der Waals surface area contributed by atoms with Gasteiger partial charge >= 0.3 is 5.97 Å². The van der Waals surface area contributed by atoms with Gasteiger partial charge in [-0.1, -0.05) is 61.2 Å². The van der Waals surface area contributed by atoms with E-state index in [1.807, 2.05) is 0 Å². The number of ether oxygens (including phenoxy) is 1. The molecular weight excluding hydrogens is 470 g/mol. The summed E-state index contributed by atoms with van der Waals surface area (Å²) in [6.07, 6.45) is -3.58. The van der Waals surface area contributed by atoms with Crippen LogP contribution >= 0.6 is 0 Å². The molecule has 0 amide bonds. The fraction of sp³-hybridized carbons (Fsp3) is 0.125. The van der Waals surface area contributed by atoms with Crippen molar-refractivity contribution in [1.29, 1.82) is 0 Å². The van der Waals surface area contributed by atoms with Gasteiger partial charge in [-0.25, -0.2) is 22.0 Å². The Morgan fingerprint density at radius 2 is 1.18 bits per heavy atom. The summed E-state index contributed by atoms with van der Waals surface area (Å²) in [4.78, 5) is 14.7. The molecule has 0 aromatic heterocycles. The van der Waals surface area contributed by atoms with E-state index < -0.39 is 27.9 Å². The lowest BCUT2D eigenvalue weighted by molar-refractivity contribution is -0.146. The highest BCUT2D eigenvalue weighted by atomic mass is 32.2. The van der Waals surface area contributed by atoms with Gasteiger partial charge in [-0.05, 0) is 43.3 Å². The molecule has 3 aromatic rings. The van der Waals surface area contributed by atoms with E-state index >= 15 is 0 Å². The van der Waals surface area contributed by atoms with Gasteiger partial charge in [0.1, 0.15) is 10.1 Å². The summed E-state index contributed by atoms with van der Waals surface area (Å²) in [5, 5.41) is 0. The van der Waals surface area contributed by atoms with Gasteiger partial charge in [-0.2, -0.15) is 0 Å². The normalized spacial score (nSPS) is 11.9. The minimum atomic E-state index is -5.38. The van der Waals surface area contributed by atoms with Crippen LogP contribution in [0.5, 0.6) is 0 Å². The van der Waals surface area contributed by atoms with Gasteiger partial charge in [0.2, 0.25) is 0 Å². The number of benzene rings is 3. The summed E-state index contributed by atoms with van der Waals surface area (Å²) in [7, 11) is -5.39. The third-order valence-corrected chi connectivity index (χ3v) is 7.10. The molecule has 33 heavy (non-hydrogen) atoms. The monoisotopic (exact) mass is 492 g/mol. The van der Waals surface area contributed by atoms with Gasteiger partial charge in [0, 0.05) is 5.57 Å². The van der Waals surface area contributed by atoms with Crippen LogP contribution in [0.1, 0.15) is 6.92 Å². The van der Waals surface area contributed by atoms with E-state index in [1.54, 1.807) is 0 Å². The molecule has 0 radical (unpaired) electrons. The Bertz CT molecular complexity index is 1050. The van der Waals surface area contributed by atoms with Crippen LogP contribution in [0, 0.1) is 0 Å². The van der Waals surface area contributed by atoms with E-state index in [0.29, 0.717) is 0 Å². The number of carbonyl (C=O) groups is 1. The molecule has 1 atom stereocenters. The molecule has 3 rings (SSSR count). The lowest BCUT2D eigenvalue weighted by Gasteiger charge is -2.19. The Hall–Kier alpha value is -3.01. The molecule has 0 heterocycles. The predicted molar refractivity (Wildman–Crippen MR) is 122 cm³/mol. The van der Waals surface area contributed by atoms with Gasteiger partial charge in [-0.15, -0.1) is 0 Å². The third-order valence-electron chi connectivity index (χ3n) is 4.00. The maximum atomic E-state index is 11.9. The van der Waals surface area contributed by atoms with E-state index in [4.69, 9.17) is 0 Å². The lowest BCUT2D eigenvalue weighted by atomic mass is 10.4. The molecule has 1 unspecified atom stereocenters. The Morgan fingerprint density at radius 3 is 1.42 bits per heavy atom. The Labute approximate surface area is 194 Å². The van der Waals surface area contributed by atoms with Crippen LogP contribution < -0.4 is 0 Å². The van der Waals surface area contributed by atoms with Crippen molar-refractivity contribution in [2.75, 3.05) is 0 Å². The zero-order valence-electron chi connectivity index (χ0n) is 17.6. The molecule has 0 aliphatic heterocycles. The van der Waals surface area contributed by atoms with E-state index in [0.717, 1.165) is 6.92 Å². The summed E-state index contributed by atoms with van der Waals surface area (Å²) in [6, 6.07) is 32.2. The molecular formula is C24H22F2O5S2. The summed E-state index contributed by atoms with van der Waals surface area (Å²) < 4.78 is 58.2. The second kappa shape index (κ2) is 12.3. The van der Waals surface area contributed by atoms with Crippen molar-refractivity contribution in [2.45, 2.75) is 33.5 Å². The molecule has 0 bridgehead atoms. The van der Waals surface area contributed by atoms with Gasteiger partial charge in [0.05, 0.1) is 10.9 Å². The molecule has 0 aliphatic carbocycles. The van der Waals surface area contributed by atoms with Crippen molar-refractivity contribution < 1.29 is 31.3 Å². The molecule has 174 valence electrons. The lowest BCUT2D eigenvalue weighted by Crippen LogP contribution is -2.33. The Balaban J connectivity index is 0.000000248. The molecule has 9 heteroatoms. The number of halogens is 2. The number of esters is 1. The SMILES string of the molecule is C=C(C)C(=O)OC(C(F)F)S(=O)(=O)[O-].c1ccc([S+](c2ccccc2)c2ccccc2)cc1. The van der Waals surface area contributed by atoms with E-state index in [1.165, 1.54) is 14.7 Å². The third kappa shape index (κ3) is 8.12. The molecule has 0 saturated carbocycles. The van der Waals surface area contributed by atoms with Crippen molar-refractivity contribution in [3.05, 3.63) is 103 Å². The first-order valence-electron chi connectivity index (χ1n) is 9.60. The van der Waals surface area contributed by atoms with Crippen molar-refractivity contribution in [3.8, 4) is 0 Å². The molecule has 0 aliphatic rings. The predicted octanol–water partition coefficient (Wildman–Crippen LogP) is 5.02. The standard InChI is InChI=1S/C18H15S.C6H8F2O5S/c1-4-10-16(11-5-1)19(17-12-6-2-7-13-17)18-14-8-3-9-15-18;1-3(2)5(9)13-6(4(7)8)14(10,11)12/h1-15H;4,6H,1H2,2H3,(H,10,11,12)/q+1;/p-1. The first-order valence-corrected chi connectivity index (χ1v) is 12.3. The molecule has 0 fully saturated rings. The number of alkyl halides is 2. The Kier molecular flexibility index (Phi) is 9.77. The first-order chi connectivity index (χ1) is 15.6. The first kappa shape index (κ1) is 26.2. The van der Waals surface area contributed by atoms with Crippen LogP contribution in [0.4, 0.5) is 8.78 Å². The number of hydrogen-bond acceptors (Lipinski definition) is 5. The number of rotatable bonds is 7. The van der Waals surface area contributed by atoms with E-state index in [2.05, 4.69) is 102 Å². The fourth-order valence-electron chi connectivity index (χ4n) is 2.52. The molecule has 0 saturated heterocycles. The zero-order chi connectivity index (χ0) is 24.4. The Morgan fingerprint density at radius 1 is 0.848 bits per heavy atom. The summed E-state index contributed by atoms with van der Waals surface area (Å²) in [5.41, 5.74) is -3.26. The van der Waals surface area contributed by atoms with Crippen molar-refractivity contribution >= 4 is 27.0 Å². The van der Waals surface area contributed by atoms with Crippen LogP contribution in [0.25, 0.3) is 0 Å². The van der Waals surface area contributed by atoms with Crippen LogP contribution in [-0.2, 0) is 30.5 Å². The highest BCUT2D eigenvalue weighted by Crippen LogP contribution is 2.30. The maximum absolute atomic E-state index is 11.9. The van der Waals surface area contributed by atoms with Crippen LogP contribution in [0.15, 0.2) is 118 Å². The fourth-order valence-corrected chi connectivity index (χ4v) is 5.08. The molecule has 0 N–H and O–H groups in total. The van der Waals surface area contributed by atoms with Crippen LogP contribution in [0.3, 0.4) is 0 Å². The van der Waals surface area contributed by atoms with Crippen molar-refractivity contribution in [2.24, 2.45) is 0 Å². The summed E-state index contributed by atoms with van der Waals surface area (Å²) >= 11 is 0. The highest BCUT2D eigenvalue weighted by Gasteiger charge is 2.31. The van der Waals surface area contributed by atoms with Crippen LogP contribution in [-0.4, -0.2) is 30.8 Å². The average Bonchev–Trinajstić information content (AvgIpc) is 2.79. The average molecular weight is 493 g/mol. The minimum Gasteiger partial charge on any atom is -0.745 e. The van der Waals surface area contributed by atoms with E-state index in [-0.39, 0.29) is 16.5 Å². The van der Waals surface area contributed by atoms with Gasteiger partial charge in [0.15, 0.2) is 14.7 Å². The highest BCUT2D eigenvalue weighted by molar-refractivity contribution is 7.97. The van der Waals surface area contributed by atoms with Crippen LogP contribution in [0.2, 0.25) is 0 Å². The zero-order valence-corrected chi connectivity index (χ0v) is 19.3. The summed E-state index contributed by atoms with van der Waals surface area (Å²) in [6.45, 7) is 4.16. The quantitative estimate of drug-likeness (QED) is 0.200. The molecule has 3 aromatic carbocycles. The van der Waals surface area contributed by atoms with Gasteiger partial charge in [0.25, 0.3) is 11.9 Å². The minimum absolute atomic E-state index is 0.0146. The smallest absolute Gasteiger partial charge is 0.334 e. The topological polar surface area (TPSA) is 83.5 Å². The second-order valence-electron chi connectivity index (χ2n) is 6.63. The van der Waals surface area contributed by atoms with Gasteiger partial charge in [-0.3, -0.25) is 0 Å². The maximum Gasteiger partial charge on any atom is 0.334 e. The molecule has 5 nitrogen and oxygen atoms in total. The summed E-state index contributed by atoms with van der Waals surface area (Å²) in [5.74, 6) is -1.35. The van der Waals surface area contributed by atoms with E-state index in [9.17, 15) is 26.5 Å². The number of hydrogen-bond donors (Lipinski definition) is 0. The largest absolute Gasteiger partial charge is 0.745 e. The molecule has 0 spiro atoms. The van der Waals surface area contributed by atoms with Crippen molar-refractivity contribution in [3.63, 3.8) is 0 Å². The van der Waals surface area contributed by atoms with Gasteiger partial charge < -0.3 is 9.29 Å². The number of carbonyl (C=O) groups excluding carboxylic acids is 1.